The lowest BCUT2D eigenvalue weighted by Gasteiger charge is -2.14. The van der Waals surface area contributed by atoms with Crippen LogP contribution in [0.15, 0.2) is 12.4 Å². The van der Waals surface area contributed by atoms with E-state index in [1.807, 2.05) is 0 Å². The Kier molecular flexibility index (Phi) is 3.01. The van der Waals surface area contributed by atoms with Crippen molar-refractivity contribution in [2.24, 2.45) is 0 Å². The van der Waals surface area contributed by atoms with Gasteiger partial charge in [-0.25, -0.2) is 9.69 Å². The van der Waals surface area contributed by atoms with Crippen molar-refractivity contribution in [3.05, 3.63) is 12.4 Å². The van der Waals surface area contributed by atoms with Gasteiger partial charge in [-0.2, -0.15) is 5.10 Å². The molecule has 0 spiro atoms. The molecular weight excluding hydrogens is 260 g/mol. The zero-order valence-corrected chi connectivity index (χ0v) is 11.6. The Morgan fingerprint density at radius 1 is 1.50 bits per heavy atom. The molecule has 3 heterocycles. The topological polar surface area (TPSA) is 76.5 Å². The average molecular weight is 278 g/mol. The molecule has 1 atom stereocenters. The van der Waals surface area contributed by atoms with E-state index >= 15 is 0 Å². The first-order valence-corrected chi connectivity index (χ1v) is 6.78. The summed E-state index contributed by atoms with van der Waals surface area (Å²) < 4.78 is 7.27. The SMILES string of the molecule is CC1(C)NC(=O)N(c2cnn(CC3CCCO3)c2)C1=O. The highest BCUT2D eigenvalue weighted by atomic mass is 16.5. The number of imide groups is 1. The molecule has 2 saturated heterocycles. The summed E-state index contributed by atoms with van der Waals surface area (Å²) in [7, 11) is 0. The van der Waals surface area contributed by atoms with E-state index in [9.17, 15) is 9.59 Å². The Balaban J connectivity index is 1.76. The van der Waals surface area contributed by atoms with Crippen molar-refractivity contribution in [1.29, 1.82) is 0 Å². The lowest BCUT2D eigenvalue weighted by molar-refractivity contribution is -0.121. The first-order valence-electron chi connectivity index (χ1n) is 6.78. The molecule has 2 fully saturated rings. The van der Waals surface area contributed by atoms with Gasteiger partial charge in [0.2, 0.25) is 0 Å². The number of carbonyl (C=O) groups excluding carboxylic acids is 2. The molecule has 0 bridgehead atoms. The van der Waals surface area contributed by atoms with Gasteiger partial charge in [0.1, 0.15) is 5.54 Å². The molecule has 0 aromatic carbocycles. The van der Waals surface area contributed by atoms with Gasteiger partial charge in [-0.05, 0) is 26.7 Å². The van der Waals surface area contributed by atoms with E-state index in [-0.39, 0.29) is 12.0 Å². The second-order valence-corrected chi connectivity index (χ2v) is 5.75. The summed E-state index contributed by atoms with van der Waals surface area (Å²) in [5.41, 5.74) is -0.371. The van der Waals surface area contributed by atoms with E-state index in [0.29, 0.717) is 12.2 Å². The van der Waals surface area contributed by atoms with E-state index in [2.05, 4.69) is 10.4 Å². The van der Waals surface area contributed by atoms with Gasteiger partial charge < -0.3 is 10.1 Å². The normalized spacial score (nSPS) is 25.3. The van der Waals surface area contributed by atoms with E-state index in [1.165, 1.54) is 6.20 Å². The Labute approximate surface area is 116 Å². The minimum atomic E-state index is -0.867. The van der Waals surface area contributed by atoms with Crippen LogP contribution in [0, 0.1) is 0 Å². The number of amides is 3. The average Bonchev–Trinajstić information content (AvgIpc) is 3.04. The first kappa shape index (κ1) is 13.1. The Hall–Kier alpha value is -1.89. The number of nitrogens with one attached hydrogen (secondary N) is 1. The summed E-state index contributed by atoms with van der Waals surface area (Å²) in [6.45, 7) is 4.81. The molecule has 2 aliphatic heterocycles. The maximum Gasteiger partial charge on any atom is 0.329 e. The summed E-state index contributed by atoms with van der Waals surface area (Å²) in [5.74, 6) is -0.265. The summed E-state index contributed by atoms with van der Waals surface area (Å²) in [4.78, 5) is 25.2. The van der Waals surface area contributed by atoms with E-state index in [1.54, 1.807) is 24.7 Å². The van der Waals surface area contributed by atoms with Crippen LogP contribution in [0.1, 0.15) is 26.7 Å². The van der Waals surface area contributed by atoms with Crippen molar-refractivity contribution >= 4 is 17.6 Å². The predicted molar refractivity (Wildman–Crippen MR) is 71.3 cm³/mol. The largest absolute Gasteiger partial charge is 0.376 e. The molecule has 0 saturated carbocycles. The molecule has 7 nitrogen and oxygen atoms in total. The molecule has 1 unspecified atom stereocenters. The smallest absolute Gasteiger partial charge is 0.329 e. The Morgan fingerprint density at radius 3 is 2.90 bits per heavy atom. The second-order valence-electron chi connectivity index (χ2n) is 5.75. The third-order valence-corrected chi connectivity index (χ3v) is 3.65. The van der Waals surface area contributed by atoms with Crippen LogP contribution in [0.5, 0.6) is 0 Å². The molecular formula is C13H18N4O3. The minimum absolute atomic E-state index is 0.169. The Morgan fingerprint density at radius 2 is 2.30 bits per heavy atom. The molecule has 1 N–H and O–H groups in total. The fourth-order valence-electron chi connectivity index (χ4n) is 2.55. The van der Waals surface area contributed by atoms with Gasteiger partial charge in [-0.3, -0.25) is 9.48 Å². The number of carbonyl (C=O) groups is 2. The van der Waals surface area contributed by atoms with Crippen molar-refractivity contribution in [2.45, 2.75) is 44.9 Å². The van der Waals surface area contributed by atoms with Gasteiger partial charge in [-0.15, -0.1) is 0 Å². The lowest BCUT2D eigenvalue weighted by Crippen LogP contribution is -2.40. The van der Waals surface area contributed by atoms with Crippen LogP contribution < -0.4 is 10.2 Å². The monoisotopic (exact) mass is 278 g/mol. The van der Waals surface area contributed by atoms with Crippen LogP contribution in [0.3, 0.4) is 0 Å². The Bertz CT molecular complexity index is 546. The summed E-state index contributed by atoms with van der Waals surface area (Å²) in [5, 5.41) is 6.85. The maximum absolute atomic E-state index is 12.2. The highest BCUT2D eigenvalue weighted by Gasteiger charge is 2.45. The standard InChI is InChI=1S/C13H18N4O3/c1-13(2)11(18)17(12(19)15-13)9-6-14-16(7-9)8-10-4-3-5-20-10/h6-7,10H,3-5,8H2,1-2H3,(H,15,19). The molecule has 3 amide bonds. The van der Waals surface area contributed by atoms with Crippen LogP contribution in [-0.2, 0) is 16.1 Å². The van der Waals surface area contributed by atoms with Gasteiger partial charge in [0, 0.05) is 12.8 Å². The minimum Gasteiger partial charge on any atom is -0.376 e. The zero-order chi connectivity index (χ0) is 14.3. The summed E-state index contributed by atoms with van der Waals surface area (Å²) in [6, 6.07) is -0.406. The van der Waals surface area contributed by atoms with E-state index in [0.717, 1.165) is 24.3 Å². The summed E-state index contributed by atoms with van der Waals surface area (Å²) in [6.07, 6.45) is 5.50. The third-order valence-electron chi connectivity index (χ3n) is 3.65. The molecule has 7 heteroatoms. The number of hydrogen-bond acceptors (Lipinski definition) is 4. The van der Waals surface area contributed by atoms with Crippen LogP contribution >= 0.6 is 0 Å². The maximum atomic E-state index is 12.2. The fraction of sp³-hybridized carbons (Fsp3) is 0.615. The lowest BCUT2D eigenvalue weighted by atomic mass is 10.1. The van der Waals surface area contributed by atoms with Gasteiger partial charge in [0.15, 0.2) is 0 Å². The number of hydrogen-bond donors (Lipinski definition) is 1. The molecule has 0 radical (unpaired) electrons. The predicted octanol–water partition coefficient (Wildman–Crippen LogP) is 0.897. The number of urea groups is 1. The van der Waals surface area contributed by atoms with Gasteiger partial charge in [-0.1, -0.05) is 0 Å². The number of anilines is 1. The van der Waals surface area contributed by atoms with Gasteiger partial charge >= 0.3 is 6.03 Å². The second kappa shape index (κ2) is 4.59. The molecule has 0 aliphatic carbocycles. The van der Waals surface area contributed by atoms with Crippen LogP contribution in [0.25, 0.3) is 0 Å². The molecule has 1 aromatic heterocycles. The first-order chi connectivity index (χ1) is 9.47. The van der Waals surface area contributed by atoms with Gasteiger partial charge in [0.25, 0.3) is 5.91 Å². The van der Waals surface area contributed by atoms with E-state index < -0.39 is 11.6 Å². The van der Waals surface area contributed by atoms with Crippen molar-refractivity contribution in [3.63, 3.8) is 0 Å². The number of nitrogens with zero attached hydrogens (tertiary/aromatic N) is 3. The molecule has 2 aliphatic rings. The highest BCUT2D eigenvalue weighted by molar-refractivity contribution is 6.22. The molecule has 1 aromatic rings. The van der Waals surface area contributed by atoms with Crippen molar-refractivity contribution in [2.75, 3.05) is 11.5 Å². The number of aromatic nitrogens is 2. The number of rotatable bonds is 3. The van der Waals surface area contributed by atoms with Crippen molar-refractivity contribution < 1.29 is 14.3 Å². The third kappa shape index (κ3) is 2.18. The van der Waals surface area contributed by atoms with Crippen molar-refractivity contribution in [1.82, 2.24) is 15.1 Å². The number of ether oxygens (including phenoxy) is 1. The quantitative estimate of drug-likeness (QED) is 0.833. The fourth-order valence-corrected chi connectivity index (χ4v) is 2.55. The van der Waals surface area contributed by atoms with E-state index in [4.69, 9.17) is 4.74 Å². The summed E-state index contributed by atoms with van der Waals surface area (Å²) >= 11 is 0. The molecule has 108 valence electrons. The molecule has 3 rings (SSSR count). The highest BCUT2D eigenvalue weighted by Crippen LogP contribution is 2.24. The molecule has 20 heavy (non-hydrogen) atoms. The zero-order valence-electron chi connectivity index (χ0n) is 11.6. The van der Waals surface area contributed by atoms with Crippen molar-refractivity contribution in [3.8, 4) is 0 Å². The van der Waals surface area contributed by atoms with Crippen LogP contribution in [-0.4, -0.2) is 40.0 Å². The van der Waals surface area contributed by atoms with Crippen LogP contribution in [0.2, 0.25) is 0 Å². The van der Waals surface area contributed by atoms with Gasteiger partial charge in [0.05, 0.1) is 24.5 Å². The van der Waals surface area contributed by atoms with Crippen LogP contribution in [0.4, 0.5) is 10.5 Å².